The minimum atomic E-state index is -0.498. The lowest BCUT2D eigenvalue weighted by molar-refractivity contribution is -0.384. The maximum Gasteiger partial charge on any atom is 0.270 e. The largest absolute Gasteiger partial charge is 0.331 e. The van der Waals surface area contributed by atoms with Crippen molar-refractivity contribution in [1.82, 2.24) is 9.99 Å². The smallest absolute Gasteiger partial charge is 0.270 e. The van der Waals surface area contributed by atoms with Crippen LogP contribution < -0.4 is 10.9 Å². The minimum Gasteiger partial charge on any atom is -0.331 e. The molecule has 148 valence electrons. The highest BCUT2D eigenvalue weighted by atomic mass is 16.6. The Balaban J connectivity index is 1.62. The number of hydrogen-bond acceptors (Lipinski definition) is 5. The van der Waals surface area contributed by atoms with Gasteiger partial charge in [0.15, 0.2) is 5.43 Å². The number of nitro groups is 1. The van der Waals surface area contributed by atoms with Crippen molar-refractivity contribution in [2.24, 2.45) is 5.10 Å². The second-order valence-electron chi connectivity index (χ2n) is 6.59. The average molecular weight is 400 g/mol. The third-order valence-corrected chi connectivity index (χ3v) is 4.66. The fourth-order valence-electron chi connectivity index (χ4n) is 3.32. The fraction of sp³-hybridized carbons (Fsp3) is 0.0455. The van der Waals surface area contributed by atoms with Crippen molar-refractivity contribution in [3.63, 3.8) is 0 Å². The molecule has 30 heavy (non-hydrogen) atoms. The van der Waals surface area contributed by atoms with Gasteiger partial charge in [-0.3, -0.25) is 19.7 Å². The van der Waals surface area contributed by atoms with Crippen LogP contribution in [0.15, 0.2) is 82.7 Å². The predicted octanol–water partition coefficient (Wildman–Crippen LogP) is 3.21. The SMILES string of the molecule is O=C(Cn1c2ccccc2c(=O)c2ccccc21)N/N=C\c1cccc([N+](=O)[O-])c1. The van der Waals surface area contributed by atoms with Gasteiger partial charge < -0.3 is 4.57 Å². The highest BCUT2D eigenvalue weighted by Crippen LogP contribution is 2.19. The van der Waals surface area contributed by atoms with Crippen molar-refractivity contribution in [2.45, 2.75) is 6.54 Å². The van der Waals surface area contributed by atoms with Crippen LogP contribution in [0, 0.1) is 10.1 Å². The molecule has 4 aromatic rings. The molecule has 1 heterocycles. The first-order valence-electron chi connectivity index (χ1n) is 9.11. The molecule has 0 saturated heterocycles. The zero-order valence-electron chi connectivity index (χ0n) is 15.7. The standard InChI is InChI=1S/C22H16N4O4/c27-21(24-23-13-15-6-5-7-16(12-15)26(29)30)14-25-19-10-3-1-8-17(19)22(28)18-9-2-4-11-20(18)25/h1-13H,14H2,(H,24,27)/b23-13-. The normalized spacial score (nSPS) is 11.2. The Morgan fingerprint density at radius 1 is 1.00 bits per heavy atom. The van der Waals surface area contributed by atoms with E-state index in [-0.39, 0.29) is 17.7 Å². The summed E-state index contributed by atoms with van der Waals surface area (Å²) in [5.41, 5.74) is 4.09. The number of benzene rings is 3. The molecule has 0 saturated carbocycles. The molecule has 0 unspecified atom stereocenters. The number of carbonyl (C=O) groups excluding carboxylic acids is 1. The van der Waals surface area contributed by atoms with Crippen molar-refractivity contribution in [1.29, 1.82) is 0 Å². The molecule has 1 aromatic heterocycles. The van der Waals surface area contributed by atoms with Crippen LogP contribution in [0.2, 0.25) is 0 Å². The summed E-state index contributed by atoms with van der Waals surface area (Å²) < 4.78 is 1.77. The first kappa shape index (κ1) is 19.0. The zero-order valence-corrected chi connectivity index (χ0v) is 15.7. The number of hydrogen-bond donors (Lipinski definition) is 1. The van der Waals surface area contributed by atoms with Crippen LogP contribution >= 0.6 is 0 Å². The summed E-state index contributed by atoms with van der Waals surface area (Å²) >= 11 is 0. The van der Waals surface area contributed by atoms with Crippen molar-refractivity contribution >= 4 is 39.6 Å². The molecule has 3 aromatic carbocycles. The van der Waals surface area contributed by atoms with E-state index in [2.05, 4.69) is 10.5 Å². The van der Waals surface area contributed by atoms with E-state index in [9.17, 15) is 19.7 Å². The molecule has 0 radical (unpaired) electrons. The first-order valence-corrected chi connectivity index (χ1v) is 9.11. The van der Waals surface area contributed by atoms with Gasteiger partial charge in [0.2, 0.25) is 0 Å². The van der Waals surface area contributed by atoms with Crippen LogP contribution in [-0.2, 0) is 11.3 Å². The van der Waals surface area contributed by atoms with Gasteiger partial charge in [-0.05, 0) is 24.3 Å². The van der Waals surface area contributed by atoms with Crippen LogP contribution in [0.1, 0.15) is 5.56 Å². The van der Waals surface area contributed by atoms with Gasteiger partial charge in [0.05, 0.1) is 22.2 Å². The van der Waals surface area contributed by atoms with E-state index in [0.717, 1.165) is 0 Å². The second-order valence-corrected chi connectivity index (χ2v) is 6.59. The summed E-state index contributed by atoms with van der Waals surface area (Å²) in [5, 5.41) is 15.8. The van der Waals surface area contributed by atoms with E-state index in [0.29, 0.717) is 27.4 Å². The summed E-state index contributed by atoms with van der Waals surface area (Å²) in [6.07, 6.45) is 1.34. The third kappa shape index (κ3) is 3.66. The number of nitro benzene ring substituents is 1. The maximum absolute atomic E-state index is 12.7. The number of rotatable bonds is 5. The highest BCUT2D eigenvalue weighted by Gasteiger charge is 2.12. The molecule has 0 fully saturated rings. The number of amides is 1. The lowest BCUT2D eigenvalue weighted by atomic mass is 10.1. The van der Waals surface area contributed by atoms with E-state index >= 15 is 0 Å². The monoisotopic (exact) mass is 400 g/mol. The zero-order chi connectivity index (χ0) is 21.1. The summed E-state index contributed by atoms with van der Waals surface area (Å²) in [6.45, 7) is -0.0480. The number of nitrogens with zero attached hydrogens (tertiary/aromatic N) is 3. The number of fused-ring (bicyclic) bond motifs is 2. The van der Waals surface area contributed by atoms with Gasteiger partial charge in [-0.2, -0.15) is 5.10 Å². The Morgan fingerprint density at radius 3 is 2.27 bits per heavy atom. The van der Waals surface area contributed by atoms with Gasteiger partial charge in [-0.15, -0.1) is 0 Å². The molecule has 0 aliphatic carbocycles. The number of carbonyl (C=O) groups is 1. The summed E-state index contributed by atoms with van der Waals surface area (Å²) in [7, 11) is 0. The molecular weight excluding hydrogens is 384 g/mol. The number of non-ortho nitro benzene ring substituents is 1. The van der Waals surface area contributed by atoms with Crippen molar-refractivity contribution in [3.05, 3.63) is 98.7 Å². The predicted molar refractivity (Wildman–Crippen MR) is 115 cm³/mol. The van der Waals surface area contributed by atoms with Crippen LogP contribution in [0.25, 0.3) is 21.8 Å². The Labute approximate surface area is 170 Å². The molecule has 1 amide bonds. The van der Waals surface area contributed by atoms with Crippen molar-refractivity contribution < 1.29 is 9.72 Å². The molecule has 8 nitrogen and oxygen atoms in total. The minimum absolute atomic E-state index is 0.0480. The molecule has 0 spiro atoms. The second kappa shape index (κ2) is 7.96. The number of hydrazone groups is 1. The Bertz CT molecular complexity index is 1310. The molecule has 0 bridgehead atoms. The van der Waals surface area contributed by atoms with Gasteiger partial charge >= 0.3 is 0 Å². The van der Waals surface area contributed by atoms with Gasteiger partial charge in [-0.25, -0.2) is 5.43 Å². The number of para-hydroxylation sites is 2. The van der Waals surface area contributed by atoms with Crippen LogP contribution in [0.3, 0.4) is 0 Å². The number of aromatic nitrogens is 1. The highest BCUT2D eigenvalue weighted by molar-refractivity contribution is 5.95. The molecule has 8 heteroatoms. The van der Waals surface area contributed by atoms with E-state index in [1.165, 1.54) is 18.3 Å². The lowest BCUT2D eigenvalue weighted by Crippen LogP contribution is -2.25. The van der Waals surface area contributed by atoms with Gasteiger partial charge in [-0.1, -0.05) is 36.4 Å². The van der Waals surface area contributed by atoms with E-state index < -0.39 is 10.8 Å². The van der Waals surface area contributed by atoms with E-state index in [1.807, 2.05) is 12.1 Å². The number of pyridine rings is 1. The Kier molecular flexibility index (Phi) is 5.04. The van der Waals surface area contributed by atoms with Gasteiger partial charge in [0.25, 0.3) is 11.6 Å². The summed E-state index contributed by atoms with van der Waals surface area (Å²) in [4.78, 5) is 35.6. The Hall–Kier alpha value is -4.33. The first-order chi connectivity index (χ1) is 14.5. The van der Waals surface area contributed by atoms with Gasteiger partial charge in [0, 0.05) is 28.5 Å². The fourth-order valence-corrected chi connectivity index (χ4v) is 3.32. The van der Waals surface area contributed by atoms with Crippen LogP contribution in [-0.4, -0.2) is 21.6 Å². The molecule has 0 atom stereocenters. The van der Waals surface area contributed by atoms with Crippen molar-refractivity contribution in [3.8, 4) is 0 Å². The number of nitrogens with one attached hydrogen (secondary N) is 1. The van der Waals surface area contributed by atoms with E-state index in [1.54, 1.807) is 53.1 Å². The van der Waals surface area contributed by atoms with Crippen LogP contribution in [0.5, 0.6) is 0 Å². The molecule has 1 N–H and O–H groups in total. The average Bonchev–Trinajstić information content (AvgIpc) is 2.77. The maximum atomic E-state index is 12.7. The topological polar surface area (TPSA) is 107 Å². The molecule has 4 rings (SSSR count). The van der Waals surface area contributed by atoms with E-state index in [4.69, 9.17) is 0 Å². The lowest BCUT2D eigenvalue weighted by Gasteiger charge is -2.14. The van der Waals surface area contributed by atoms with Gasteiger partial charge in [0.1, 0.15) is 6.54 Å². The summed E-state index contributed by atoms with van der Waals surface area (Å²) in [5.74, 6) is -0.393. The Morgan fingerprint density at radius 2 is 1.63 bits per heavy atom. The summed E-state index contributed by atoms with van der Waals surface area (Å²) in [6, 6.07) is 20.2. The van der Waals surface area contributed by atoms with Crippen molar-refractivity contribution in [2.75, 3.05) is 0 Å². The van der Waals surface area contributed by atoms with Crippen LogP contribution in [0.4, 0.5) is 5.69 Å². The molecule has 0 aliphatic heterocycles. The molecule has 0 aliphatic rings. The quantitative estimate of drug-likeness (QED) is 0.240. The molecular formula is C22H16N4O4. The third-order valence-electron chi connectivity index (χ3n) is 4.66.